The van der Waals surface area contributed by atoms with E-state index in [0.717, 1.165) is 10.0 Å². The van der Waals surface area contributed by atoms with Gasteiger partial charge in [0.15, 0.2) is 6.61 Å². The SMILES string of the molecule is Cc1cc(NC(=O)COC(=O)C(C)NC(=O)c2ccccc2)ccc1Br. The Balaban J connectivity index is 1.80. The molecule has 0 heterocycles. The number of hydrogen-bond acceptors (Lipinski definition) is 4. The molecule has 2 aromatic rings. The van der Waals surface area contributed by atoms with Crippen LogP contribution in [-0.2, 0) is 14.3 Å². The number of aryl methyl sites for hydroxylation is 1. The van der Waals surface area contributed by atoms with E-state index in [1.165, 1.54) is 6.92 Å². The summed E-state index contributed by atoms with van der Waals surface area (Å²) in [7, 11) is 0. The largest absolute Gasteiger partial charge is 0.454 e. The minimum absolute atomic E-state index is 0.384. The molecular formula is C19H19BrN2O4. The first-order valence-corrected chi connectivity index (χ1v) is 8.74. The second-order valence-electron chi connectivity index (χ2n) is 5.68. The van der Waals surface area contributed by atoms with E-state index in [1.54, 1.807) is 42.5 Å². The van der Waals surface area contributed by atoms with Gasteiger partial charge in [-0.15, -0.1) is 0 Å². The zero-order valence-corrected chi connectivity index (χ0v) is 16.0. The van der Waals surface area contributed by atoms with Gasteiger partial charge in [-0.05, 0) is 49.7 Å². The smallest absolute Gasteiger partial charge is 0.328 e. The molecule has 26 heavy (non-hydrogen) atoms. The standard InChI is InChI=1S/C19H19BrN2O4/c1-12-10-15(8-9-16(12)20)22-17(23)11-26-19(25)13(2)21-18(24)14-6-4-3-5-7-14/h3-10,13H,11H2,1-2H3,(H,21,24)(H,22,23). The van der Waals surface area contributed by atoms with Crippen LogP contribution >= 0.6 is 15.9 Å². The van der Waals surface area contributed by atoms with E-state index in [9.17, 15) is 14.4 Å². The van der Waals surface area contributed by atoms with E-state index in [4.69, 9.17) is 4.74 Å². The maximum absolute atomic E-state index is 12.0. The molecule has 0 saturated heterocycles. The van der Waals surface area contributed by atoms with Crippen molar-refractivity contribution in [1.82, 2.24) is 5.32 Å². The quantitative estimate of drug-likeness (QED) is 0.705. The Bertz CT molecular complexity index is 808. The molecule has 0 bridgehead atoms. The van der Waals surface area contributed by atoms with E-state index in [2.05, 4.69) is 26.6 Å². The number of nitrogens with one attached hydrogen (secondary N) is 2. The van der Waals surface area contributed by atoms with Crippen molar-refractivity contribution >= 4 is 39.4 Å². The molecule has 0 aliphatic carbocycles. The lowest BCUT2D eigenvalue weighted by Gasteiger charge is -2.13. The first-order chi connectivity index (χ1) is 12.4. The van der Waals surface area contributed by atoms with Gasteiger partial charge in [0.05, 0.1) is 0 Å². The van der Waals surface area contributed by atoms with Crippen molar-refractivity contribution in [3.63, 3.8) is 0 Å². The molecule has 0 radical (unpaired) electrons. The summed E-state index contributed by atoms with van der Waals surface area (Å²) in [5.74, 6) is -1.53. The van der Waals surface area contributed by atoms with Gasteiger partial charge in [-0.2, -0.15) is 0 Å². The van der Waals surface area contributed by atoms with Gasteiger partial charge in [-0.3, -0.25) is 9.59 Å². The third-order valence-electron chi connectivity index (χ3n) is 3.52. The topological polar surface area (TPSA) is 84.5 Å². The van der Waals surface area contributed by atoms with Crippen LogP contribution < -0.4 is 10.6 Å². The average Bonchev–Trinajstić information content (AvgIpc) is 2.63. The van der Waals surface area contributed by atoms with Crippen LogP contribution in [0.5, 0.6) is 0 Å². The Morgan fingerprint density at radius 2 is 1.81 bits per heavy atom. The number of esters is 1. The highest BCUT2D eigenvalue weighted by Crippen LogP contribution is 2.19. The predicted molar refractivity (Wildman–Crippen MR) is 102 cm³/mol. The number of benzene rings is 2. The maximum Gasteiger partial charge on any atom is 0.328 e. The number of hydrogen-bond donors (Lipinski definition) is 2. The minimum atomic E-state index is -0.870. The summed E-state index contributed by atoms with van der Waals surface area (Å²) in [4.78, 5) is 35.8. The number of ether oxygens (including phenoxy) is 1. The summed E-state index contributed by atoms with van der Waals surface area (Å²) in [6.45, 7) is 2.97. The average molecular weight is 419 g/mol. The Morgan fingerprint density at radius 3 is 2.46 bits per heavy atom. The number of carbonyl (C=O) groups is 3. The van der Waals surface area contributed by atoms with E-state index < -0.39 is 24.5 Å². The summed E-state index contributed by atoms with van der Waals surface area (Å²) in [6.07, 6.45) is 0. The van der Waals surface area contributed by atoms with Crippen molar-refractivity contribution in [2.75, 3.05) is 11.9 Å². The lowest BCUT2D eigenvalue weighted by Crippen LogP contribution is -2.40. The molecule has 1 atom stereocenters. The Morgan fingerprint density at radius 1 is 1.12 bits per heavy atom. The van der Waals surface area contributed by atoms with Gasteiger partial charge in [0.2, 0.25) is 0 Å². The number of anilines is 1. The van der Waals surface area contributed by atoms with Crippen molar-refractivity contribution in [3.05, 3.63) is 64.1 Å². The molecule has 0 aromatic heterocycles. The maximum atomic E-state index is 12.0. The normalized spacial score (nSPS) is 11.3. The number of amides is 2. The van der Waals surface area contributed by atoms with Crippen molar-refractivity contribution in [1.29, 1.82) is 0 Å². The van der Waals surface area contributed by atoms with Crippen molar-refractivity contribution in [2.24, 2.45) is 0 Å². The lowest BCUT2D eigenvalue weighted by atomic mass is 10.2. The van der Waals surface area contributed by atoms with Crippen LogP contribution in [0.3, 0.4) is 0 Å². The van der Waals surface area contributed by atoms with Crippen LogP contribution in [0.2, 0.25) is 0 Å². The monoisotopic (exact) mass is 418 g/mol. The Kier molecular flexibility index (Phi) is 6.91. The first-order valence-electron chi connectivity index (χ1n) is 7.95. The highest BCUT2D eigenvalue weighted by molar-refractivity contribution is 9.10. The van der Waals surface area contributed by atoms with Crippen LogP contribution in [0, 0.1) is 6.92 Å². The number of carbonyl (C=O) groups excluding carboxylic acids is 3. The van der Waals surface area contributed by atoms with Gasteiger partial charge in [0.1, 0.15) is 6.04 Å². The summed E-state index contributed by atoms with van der Waals surface area (Å²) >= 11 is 3.38. The highest BCUT2D eigenvalue weighted by Gasteiger charge is 2.19. The van der Waals surface area contributed by atoms with E-state index in [0.29, 0.717) is 11.3 Å². The van der Waals surface area contributed by atoms with Gasteiger partial charge >= 0.3 is 5.97 Å². The fourth-order valence-electron chi connectivity index (χ4n) is 2.11. The molecule has 2 amide bonds. The molecule has 0 aliphatic heterocycles. The Labute approximate surface area is 160 Å². The van der Waals surface area contributed by atoms with Crippen LogP contribution in [0.1, 0.15) is 22.8 Å². The lowest BCUT2D eigenvalue weighted by molar-refractivity contribution is -0.148. The zero-order valence-electron chi connectivity index (χ0n) is 14.4. The Hall–Kier alpha value is -2.67. The molecule has 2 rings (SSSR count). The van der Waals surface area contributed by atoms with Crippen LogP contribution in [0.4, 0.5) is 5.69 Å². The van der Waals surface area contributed by atoms with E-state index >= 15 is 0 Å². The molecule has 2 aromatic carbocycles. The molecule has 0 fully saturated rings. The predicted octanol–water partition coefficient (Wildman–Crippen LogP) is 3.06. The molecule has 6 nitrogen and oxygen atoms in total. The van der Waals surface area contributed by atoms with Gasteiger partial charge < -0.3 is 15.4 Å². The first kappa shape index (κ1) is 19.7. The minimum Gasteiger partial charge on any atom is -0.454 e. The van der Waals surface area contributed by atoms with Crippen LogP contribution in [0.15, 0.2) is 53.0 Å². The zero-order chi connectivity index (χ0) is 19.1. The fourth-order valence-corrected chi connectivity index (χ4v) is 2.36. The second kappa shape index (κ2) is 9.15. The summed E-state index contributed by atoms with van der Waals surface area (Å²) in [6, 6.07) is 13.0. The molecular weight excluding hydrogens is 400 g/mol. The summed E-state index contributed by atoms with van der Waals surface area (Å²) < 4.78 is 5.89. The molecule has 2 N–H and O–H groups in total. The van der Waals surface area contributed by atoms with Gasteiger partial charge in [0.25, 0.3) is 11.8 Å². The molecule has 1 unspecified atom stereocenters. The fraction of sp³-hybridized carbons (Fsp3) is 0.211. The van der Waals surface area contributed by atoms with Gasteiger partial charge in [0, 0.05) is 15.7 Å². The number of rotatable bonds is 6. The van der Waals surface area contributed by atoms with Crippen LogP contribution in [0.25, 0.3) is 0 Å². The molecule has 0 saturated carbocycles. The van der Waals surface area contributed by atoms with E-state index in [-0.39, 0.29) is 5.91 Å². The van der Waals surface area contributed by atoms with E-state index in [1.807, 2.05) is 13.0 Å². The molecule has 136 valence electrons. The van der Waals surface area contributed by atoms with Crippen molar-refractivity contribution < 1.29 is 19.1 Å². The summed E-state index contributed by atoms with van der Waals surface area (Å²) in [5, 5.41) is 5.18. The number of halogens is 1. The third kappa shape index (κ3) is 5.70. The highest BCUT2D eigenvalue weighted by atomic mass is 79.9. The second-order valence-corrected chi connectivity index (χ2v) is 6.54. The molecule has 0 spiro atoms. The van der Waals surface area contributed by atoms with Crippen molar-refractivity contribution in [3.8, 4) is 0 Å². The summed E-state index contributed by atoms with van der Waals surface area (Å²) in [5.41, 5.74) is 2.02. The third-order valence-corrected chi connectivity index (χ3v) is 4.41. The van der Waals surface area contributed by atoms with Crippen molar-refractivity contribution in [2.45, 2.75) is 19.9 Å². The van der Waals surface area contributed by atoms with Gasteiger partial charge in [-0.25, -0.2) is 4.79 Å². The van der Waals surface area contributed by atoms with Gasteiger partial charge in [-0.1, -0.05) is 34.1 Å². The molecule has 7 heteroatoms. The van der Waals surface area contributed by atoms with Crippen LogP contribution in [-0.4, -0.2) is 30.4 Å². The molecule has 0 aliphatic rings.